The Labute approximate surface area is 412 Å². The Kier molecular flexibility index (Phi) is 30.8. The van der Waals surface area contributed by atoms with Gasteiger partial charge in [-0.15, -0.1) is 0 Å². The summed E-state index contributed by atoms with van der Waals surface area (Å²) in [7, 11) is 0. The van der Waals surface area contributed by atoms with Gasteiger partial charge in [0.05, 0.1) is 18.7 Å². The molecule has 0 aliphatic carbocycles. The average Bonchev–Trinajstić information content (AvgIpc) is 3.82. The van der Waals surface area contributed by atoms with Gasteiger partial charge in [-0.25, -0.2) is 4.79 Å². The fourth-order valence-electron chi connectivity index (χ4n) is 7.03. The molecule has 0 spiro atoms. The predicted molar refractivity (Wildman–Crippen MR) is 262 cm³/mol. The maximum atomic E-state index is 14.1. The second-order valence-corrected chi connectivity index (χ2v) is 17.6. The van der Waals surface area contributed by atoms with Crippen LogP contribution in [0.5, 0.6) is 0 Å². The molecule has 8 atom stereocenters. The van der Waals surface area contributed by atoms with E-state index in [4.69, 9.17) is 39.8 Å². The van der Waals surface area contributed by atoms with Gasteiger partial charge < -0.3 is 92.0 Å². The fourth-order valence-corrected chi connectivity index (χ4v) is 7.50. The minimum Gasteiger partial charge on any atom is -0.477 e. The number of aliphatic carboxylic acids is 1. The lowest BCUT2D eigenvalue weighted by Crippen LogP contribution is -2.60. The number of aliphatic hydroxyl groups excluding tert-OH is 1. The van der Waals surface area contributed by atoms with Crippen LogP contribution in [-0.2, 0) is 43.2 Å². The number of nitrogens with two attached hydrogens (primary N) is 6. The molecule has 8 amide bonds. The maximum absolute atomic E-state index is 14.1. The quantitative estimate of drug-likeness (QED) is 0.0122. The highest BCUT2D eigenvalue weighted by molar-refractivity contribution is 7.98. The molecule has 398 valence electrons. The monoisotopic (exact) mass is 1010 g/mol. The first kappa shape index (κ1) is 62.4. The molecule has 1 aliphatic heterocycles. The lowest BCUT2D eigenvalue weighted by atomic mass is 10.1. The number of nitrogens with zero attached hydrogens (tertiary/aromatic N) is 1. The lowest BCUT2D eigenvalue weighted by molar-refractivity contribution is -0.142. The number of nitrogens with one attached hydrogen (secondary N) is 9. The van der Waals surface area contributed by atoms with Crippen LogP contribution in [-0.4, -0.2) is 181 Å². The first-order valence-corrected chi connectivity index (χ1v) is 24.8. The predicted octanol–water partition coefficient (Wildman–Crippen LogP) is -6.11. The Morgan fingerprint density at radius 2 is 1.39 bits per heavy atom. The van der Waals surface area contributed by atoms with Crippen LogP contribution in [0.2, 0.25) is 0 Å². The number of carboxylic acids is 1. The van der Waals surface area contributed by atoms with Gasteiger partial charge in [0.2, 0.25) is 47.3 Å². The molecule has 1 saturated heterocycles. The van der Waals surface area contributed by atoms with Crippen LogP contribution in [0.4, 0.5) is 0 Å². The molecule has 0 radical (unpaired) electrons. The van der Waals surface area contributed by atoms with Gasteiger partial charge in [0.15, 0.2) is 5.96 Å². The van der Waals surface area contributed by atoms with E-state index in [0.29, 0.717) is 57.4 Å². The smallest absolute Gasteiger partial charge is 0.352 e. The third kappa shape index (κ3) is 23.3. The molecule has 0 unspecified atom stereocenters. The van der Waals surface area contributed by atoms with Gasteiger partial charge in [0.25, 0.3) is 0 Å². The zero-order valence-electron chi connectivity index (χ0n) is 40.2. The molecule has 0 bridgehead atoms. The van der Waals surface area contributed by atoms with E-state index in [1.165, 1.54) is 29.7 Å². The zero-order valence-corrected chi connectivity index (χ0v) is 41.0. The Balaban J connectivity index is 3.10. The van der Waals surface area contributed by atoms with Crippen molar-refractivity contribution >= 4 is 70.9 Å². The van der Waals surface area contributed by atoms with Crippen molar-refractivity contribution in [2.45, 2.75) is 132 Å². The number of hydrogen-bond donors (Lipinski definition) is 17. The van der Waals surface area contributed by atoms with Crippen LogP contribution < -0.4 is 76.9 Å². The molecule has 1 heterocycles. The van der Waals surface area contributed by atoms with Gasteiger partial charge >= 0.3 is 5.97 Å². The second kappa shape index (κ2) is 34.6. The van der Waals surface area contributed by atoms with Gasteiger partial charge in [-0.05, 0) is 109 Å². The number of thioether (sulfide) groups is 1. The van der Waals surface area contributed by atoms with Crippen molar-refractivity contribution < 1.29 is 53.4 Å². The number of guanidine groups is 1. The van der Waals surface area contributed by atoms with Crippen molar-refractivity contribution in [1.82, 2.24) is 47.4 Å². The Morgan fingerprint density at radius 1 is 0.757 bits per heavy atom. The number of amides is 8. The summed E-state index contributed by atoms with van der Waals surface area (Å²) >= 11 is 1.39. The lowest BCUT2D eigenvalue weighted by Gasteiger charge is -2.30. The van der Waals surface area contributed by atoms with Crippen molar-refractivity contribution in [2.75, 3.05) is 57.8 Å². The number of aliphatic hydroxyl groups is 1. The van der Waals surface area contributed by atoms with Crippen LogP contribution >= 0.6 is 11.8 Å². The second-order valence-electron chi connectivity index (χ2n) is 16.6. The van der Waals surface area contributed by atoms with Crippen LogP contribution in [0.1, 0.15) is 84.0 Å². The highest BCUT2D eigenvalue weighted by atomic mass is 32.2. The summed E-state index contributed by atoms with van der Waals surface area (Å²) in [5.74, 6) is -7.45. The van der Waals surface area contributed by atoms with Gasteiger partial charge in [0, 0.05) is 19.6 Å². The van der Waals surface area contributed by atoms with E-state index in [9.17, 15) is 53.4 Å². The molecule has 23 N–H and O–H groups in total. The van der Waals surface area contributed by atoms with Gasteiger partial charge in [-0.2, -0.15) is 11.8 Å². The number of carbonyl (C=O) groups is 9. The van der Waals surface area contributed by atoms with E-state index in [2.05, 4.69) is 42.5 Å². The number of rotatable bonds is 35. The summed E-state index contributed by atoms with van der Waals surface area (Å²) in [4.78, 5) is 120. The number of hydrogen-bond acceptors (Lipinski definition) is 17. The van der Waals surface area contributed by atoms with Crippen LogP contribution in [0.15, 0.2) is 11.8 Å². The van der Waals surface area contributed by atoms with Crippen LogP contribution in [0.25, 0.3) is 0 Å². The summed E-state index contributed by atoms with van der Waals surface area (Å²) in [6.45, 7) is 1.36. The Morgan fingerprint density at radius 3 is 1.99 bits per heavy atom. The molecular formula is C42H78N16O11S. The van der Waals surface area contributed by atoms with Gasteiger partial charge in [-0.3, -0.25) is 43.8 Å². The summed E-state index contributed by atoms with van der Waals surface area (Å²) in [5.41, 5.74) is 33.2. The van der Waals surface area contributed by atoms with Crippen molar-refractivity contribution in [3.05, 3.63) is 11.8 Å². The number of carboxylic acid groups (broad SMARTS) is 1. The maximum Gasteiger partial charge on any atom is 0.352 e. The molecule has 70 heavy (non-hydrogen) atoms. The summed E-state index contributed by atoms with van der Waals surface area (Å²) in [6.07, 6.45) is 5.14. The Hall–Kier alpha value is -5.65. The fraction of sp³-hybridized carbons (Fsp3) is 0.714. The van der Waals surface area contributed by atoms with Crippen molar-refractivity contribution in [2.24, 2.45) is 34.4 Å². The third-order valence-electron chi connectivity index (χ3n) is 11.0. The largest absolute Gasteiger partial charge is 0.477 e. The first-order valence-electron chi connectivity index (χ1n) is 23.4. The van der Waals surface area contributed by atoms with E-state index in [1.807, 2.05) is 0 Å². The molecule has 28 heteroatoms. The SMILES string of the molecule is CSCC[C@H](NC(=O)[C@@H]1CCCN1C(=O)[C@@H](CCCN)NC(=O)CNC(=O)[C@H](C)NC(=O)[C@@H](NC(=O)[C@@H](N)CCCCN)[C@@H](O)CN)C(=O)N[C@@H](CCCCN)C(=O)N/C(=C\CCNC(=N)N)C(=O)O. The molecule has 0 saturated carbocycles. The minimum atomic E-state index is -1.55. The first-order chi connectivity index (χ1) is 33.3. The van der Waals surface area contributed by atoms with Gasteiger partial charge in [0.1, 0.15) is 41.9 Å². The van der Waals surface area contributed by atoms with Crippen molar-refractivity contribution in [3.8, 4) is 0 Å². The molecule has 0 aromatic heterocycles. The summed E-state index contributed by atoms with van der Waals surface area (Å²) < 4.78 is 0. The highest BCUT2D eigenvalue weighted by Gasteiger charge is 2.39. The normalized spacial score (nSPS) is 16.5. The number of unbranched alkanes of at least 4 members (excludes halogenated alkanes) is 2. The molecule has 27 nitrogen and oxygen atoms in total. The summed E-state index contributed by atoms with van der Waals surface area (Å²) in [6, 6.07) is -8.46. The van der Waals surface area contributed by atoms with Crippen molar-refractivity contribution in [3.63, 3.8) is 0 Å². The standard InChI is InChI=1S/C42H78N16O11S/c1-24(52-39(66)33(31(59)22-46)57-35(62)25(47)10-3-5-16-43)34(61)51-23-32(60)53-28(12-7-18-45)40(67)58-20-9-14-30(58)38(65)55-27(15-21-70-2)37(64)54-26(11-4-6-17-44)36(63)56-29(41(68)69)13-8-19-50-42(48)49/h13,24-28,30-31,33,59H,3-12,14-23,43-47H2,1-2H3,(H,51,61)(H,52,66)(H,53,60)(H,54,64)(H,55,65)(H,56,63)(H,57,62)(H,68,69)(H4,48,49,50)/b29-13-/t24-,25-,26-,27-,28+,30-,31-,33-/m0/s1. The number of carbonyl (C=O) groups excluding carboxylic acids is 8. The van der Waals surface area contributed by atoms with Crippen LogP contribution in [0, 0.1) is 5.41 Å². The van der Waals surface area contributed by atoms with Crippen LogP contribution in [0.3, 0.4) is 0 Å². The van der Waals surface area contributed by atoms with E-state index in [-0.39, 0.29) is 64.1 Å². The molecule has 0 aromatic rings. The number of likely N-dealkylation sites (tertiary alicyclic amines) is 1. The Bertz CT molecular complexity index is 1780. The van der Waals surface area contributed by atoms with E-state index in [1.54, 1.807) is 6.26 Å². The highest BCUT2D eigenvalue weighted by Crippen LogP contribution is 2.20. The topological polar surface area (TPSA) is 474 Å². The van der Waals surface area contributed by atoms with E-state index < -0.39 is 120 Å². The van der Waals surface area contributed by atoms with E-state index >= 15 is 0 Å². The van der Waals surface area contributed by atoms with E-state index in [0.717, 1.165) is 0 Å². The van der Waals surface area contributed by atoms with Crippen molar-refractivity contribution in [1.29, 1.82) is 5.41 Å². The van der Waals surface area contributed by atoms with Gasteiger partial charge in [-0.1, -0.05) is 12.5 Å². The molecule has 1 aliphatic rings. The summed E-state index contributed by atoms with van der Waals surface area (Å²) in [5, 5.41) is 47.3. The molecule has 0 aromatic carbocycles. The third-order valence-corrected chi connectivity index (χ3v) is 11.6. The molecule has 1 rings (SSSR count). The average molecular weight is 1020 g/mol. The molecule has 1 fully saturated rings. The molecular weight excluding hydrogens is 937 g/mol. The minimum absolute atomic E-state index is 0.0695. The zero-order chi connectivity index (χ0) is 52.8.